The number of fused-ring (bicyclic) bond motifs is 1. The van der Waals surface area contributed by atoms with E-state index in [0.717, 1.165) is 15.4 Å². The highest BCUT2D eigenvalue weighted by Gasteiger charge is 2.16. The van der Waals surface area contributed by atoms with Crippen LogP contribution in [0.3, 0.4) is 0 Å². The van der Waals surface area contributed by atoms with Crippen molar-refractivity contribution in [3.05, 3.63) is 64.3 Å². The van der Waals surface area contributed by atoms with E-state index in [4.69, 9.17) is 9.15 Å². The number of ketones is 1. The normalized spacial score (nSPS) is 10.8. The zero-order valence-corrected chi connectivity index (χ0v) is 13.0. The fraction of sp³-hybridized carbons (Fsp3) is 0.118. The molecule has 0 spiro atoms. The van der Waals surface area contributed by atoms with Gasteiger partial charge in [0.15, 0.2) is 5.76 Å². The van der Waals surface area contributed by atoms with Crippen LogP contribution in [0.25, 0.3) is 11.0 Å². The summed E-state index contributed by atoms with van der Waals surface area (Å²) >= 11 is 3.42. The number of furan rings is 1. The molecule has 0 fully saturated rings. The summed E-state index contributed by atoms with van der Waals surface area (Å²) in [6.45, 7) is 0. The molecule has 0 bridgehead atoms. The number of carbonyl (C=O) groups is 1. The first-order valence-corrected chi connectivity index (χ1v) is 7.31. The number of ether oxygens (including phenoxy) is 1. The standard InChI is InChI=1S/C17H13BrO3/c1-20-15-8-3-2-5-11(15)9-14(19)16-10-12-6-4-7-13(18)17(12)21-16/h2-8,10H,9H2,1H3. The third-order valence-corrected chi connectivity index (χ3v) is 3.94. The van der Waals surface area contributed by atoms with Gasteiger partial charge < -0.3 is 9.15 Å². The third-order valence-electron chi connectivity index (χ3n) is 3.31. The zero-order valence-electron chi connectivity index (χ0n) is 11.4. The SMILES string of the molecule is COc1ccccc1CC(=O)c1cc2cccc(Br)c2o1. The molecule has 3 nitrogen and oxygen atoms in total. The molecule has 0 amide bonds. The van der Waals surface area contributed by atoms with Gasteiger partial charge >= 0.3 is 0 Å². The van der Waals surface area contributed by atoms with Crippen molar-refractivity contribution >= 4 is 32.7 Å². The molecule has 0 aliphatic heterocycles. The molecule has 0 saturated carbocycles. The van der Waals surface area contributed by atoms with Crippen LogP contribution < -0.4 is 4.74 Å². The molecule has 2 aromatic carbocycles. The lowest BCUT2D eigenvalue weighted by atomic mass is 10.1. The molecule has 21 heavy (non-hydrogen) atoms. The summed E-state index contributed by atoms with van der Waals surface area (Å²) in [6, 6.07) is 15.0. The average Bonchev–Trinajstić information content (AvgIpc) is 2.93. The van der Waals surface area contributed by atoms with Crippen molar-refractivity contribution in [2.45, 2.75) is 6.42 Å². The van der Waals surface area contributed by atoms with Crippen LogP contribution in [0.2, 0.25) is 0 Å². The van der Waals surface area contributed by atoms with Crippen LogP contribution >= 0.6 is 15.9 Å². The Bertz CT molecular complexity index is 805. The molecule has 0 radical (unpaired) electrons. The minimum Gasteiger partial charge on any atom is -0.496 e. The van der Waals surface area contributed by atoms with Crippen LogP contribution in [0.5, 0.6) is 5.75 Å². The molecular weight excluding hydrogens is 332 g/mol. The van der Waals surface area contributed by atoms with Gasteiger partial charge in [-0.3, -0.25) is 4.79 Å². The Labute approximate surface area is 130 Å². The second kappa shape index (κ2) is 5.74. The van der Waals surface area contributed by atoms with Crippen LogP contribution in [0.4, 0.5) is 0 Å². The van der Waals surface area contributed by atoms with Gasteiger partial charge in [-0.2, -0.15) is 0 Å². The third kappa shape index (κ3) is 2.72. The Balaban J connectivity index is 1.92. The summed E-state index contributed by atoms with van der Waals surface area (Å²) in [6.07, 6.45) is 0.251. The van der Waals surface area contributed by atoms with E-state index >= 15 is 0 Å². The van der Waals surface area contributed by atoms with E-state index in [-0.39, 0.29) is 12.2 Å². The average molecular weight is 345 g/mol. The highest BCUT2D eigenvalue weighted by atomic mass is 79.9. The van der Waals surface area contributed by atoms with Crippen LogP contribution in [-0.4, -0.2) is 12.9 Å². The molecule has 0 saturated heterocycles. The second-order valence-electron chi connectivity index (χ2n) is 4.68. The smallest absolute Gasteiger partial charge is 0.202 e. The van der Waals surface area contributed by atoms with E-state index in [0.29, 0.717) is 17.1 Å². The molecule has 3 aromatic rings. The van der Waals surface area contributed by atoms with Crippen molar-refractivity contribution in [1.82, 2.24) is 0 Å². The Morgan fingerprint density at radius 2 is 2.00 bits per heavy atom. The lowest BCUT2D eigenvalue weighted by molar-refractivity contribution is 0.0967. The molecule has 1 heterocycles. The number of para-hydroxylation sites is 2. The van der Waals surface area contributed by atoms with E-state index < -0.39 is 0 Å². The number of Topliss-reactive ketones (excluding diaryl/α,β-unsaturated/α-hetero) is 1. The minimum atomic E-state index is -0.0670. The van der Waals surface area contributed by atoms with E-state index in [1.165, 1.54) is 0 Å². The van der Waals surface area contributed by atoms with Crippen LogP contribution in [-0.2, 0) is 6.42 Å². The molecule has 106 valence electrons. The topological polar surface area (TPSA) is 39.4 Å². The van der Waals surface area contributed by atoms with Gasteiger partial charge in [0.05, 0.1) is 11.6 Å². The maximum absolute atomic E-state index is 12.4. The van der Waals surface area contributed by atoms with Crippen molar-refractivity contribution in [2.75, 3.05) is 7.11 Å². The van der Waals surface area contributed by atoms with Gasteiger partial charge in [-0.1, -0.05) is 30.3 Å². The highest BCUT2D eigenvalue weighted by Crippen LogP contribution is 2.28. The minimum absolute atomic E-state index is 0.0670. The summed E-state index contributed by atoms with van der Waals surface area (Å²) in [4.78, 5) is 12.4. The molecule has 0 atom stereocenters. The van der Waals surface area contributed by atoms with Gasteiger partial charge in [0, 0.05) is 17.4 Å². The summed E-state index contributed by atoms with van der Waals surface area (Å²) < 4.78 is 11.8. The number of benzene rings is 2. The van der Waals surface area contributed by atoms with Crippen molar-refractivity contribution in [3.63, 3.8) is 0 Å². The number of hydrogen-bond donors (Lipinski definition) is 0. The maximum atomic E-state index is 12.4. The number of carbonyl (C=O) groups excluding carboxylic acids is 1. The van der Waals surface area contributed by atoms with Crippen molar-refractivity contribution in [3.8, 4) is 5.75 Å². The van der Waals surface area contributed by atoms with Gasteiger partial charge in [0.1, 0.15) is 11.3 Å². The predicted molar refractivity (Wildman–Crippen MR) is 84.9 cm³/mol. The molecule has 0 aliphatic carbocycles. The Morgan fingerprint density at radius 1 is 1.19 bits per heavy atom. The van der Waals surface area contributed by atoms with Crippen molar-refractivity contribution < 1.29 is 13.9 Å². The zero-order chi connectivity index (χ0) is 14.8. The van der Waals surface area contributed by atoms with Gasteiger partial charge in [-0.25, -0.2) is 0 Å². The molecule has 0 N–H and O–H groups in total. The van der Waals surface area contributed by atoms with Crippen LogP contribution in [0.15, 0.2) is 57.4 Å². The van der Waals surface area contributed by atoms with Crippen molar-refractivity contribution in [1.29, 1.82) is 0 Å². The molecule has 3 rings (SSSR count). The molecule has 0 aliphatic rings. The predicted octanol–water partition coefficient (Wildman–Crippen LogP) is 4.63. The van der Waals surface area contributed by atoms with Crippen LogP contribution in [0, 0.1) is 0 Å². The highest BCUT2D eigenvalue weighted by molar-refractivity contribution is 9.10. The van der Waals surface area contributed by atoms with E-state index in [1.807, 2.05) is 42.5 Å². The fourth-order valence-electron chi connectivity index (χ4n) is 2.27. The Kier molecular flexibility index (Phi) is 3.80. The fourth-order valence-corrected chi connectivity index (χ4v) is 2.74. The maximum Gasteiger partial charge on any atom is 0.202 e. The lowest BCUT2D eigenvalue weighted by Gasteiger charge is -2.06. The molecule has 0 unspecified atom stereocenters. The first-order valence-electron chi connectivity index (χ1n) is 6.52. The molecule has 4 heteroatoms. The summed E-state index contributed by atoms with van der Waals surface area (Å²) in [5.41, 5.74) is 1.55. The van der Waals surface area contributed by atoms with Crippen molar-refractivity contribution in [2.24, 2.45) is 0 Å². The van der Waals surface area contributed by atoms with Crippen LogP contribution in [0.1, 0.15) is 16.1 Å². The monoisotopic (exact) mass is 344 g/mol. The van der Waals surface area contributed by atoms with E-state index in [2.05, 4.69) is 15.9 Å². The first-order chi connectivity index (χ1) is 10.2. The Hall–Kier alpha value is -2.07. The second-order valence-corrected chi connectivity index (χ2v) is 5.53. The summed E-state index contributed by atoms with van der Waals surface area (Å²) in [5, 5.41) is 0.910. The summed E-state index contributed by atoms with van der Waals surface area (Å²) in [5.74, 6) is 1.01. The number of rotatable bonds is 4. The van der Waals surface area contributed by atoms with Gasteiger partial charge in [-0.05, 0) is 34.1 Å². The summed E-state index contributed by atoms with van der Waals surface area (Å²) in [7, 11) is 1.60. The van der Waals surface area contributed by atoms with E-state index in [9.17, 15) is 4.79 Å². The largest absolute Gasteiger partial charge is 0.496 e. The Morgan fingerprint density at radius 3 is 2.76 bits per heavy atom. The molecular formula is C17H13BrO3. The first kappa shape index (κ1) is 13.9. The molecule has 1 aromatic heterocycles. The van der Waals surface area contributed by atoms with E-state index in [1.54, 1.807) is 13.2 Å². The number of methoxy groups -OCH3 is 1. The lowest BCUT2D eigenvalue weighted by Crippen LogP contribution is -2.03. The quantitative estimate of drug-likeness (QED) is 0.647. The van der Waals surface area contributed by atoms with Gasteiger partial charge in [0.25, 0.3) is 0 Å². The van der Waals surface area contributed by atoms with Gasteiger partial charge in [0.2, 0.25) is 5.78 Å². The number of halogens is 1. The van der Waals surface area contributed by atoms with Gasteiger partial charge in [-0.15, -0.1) is 0 Å². The number of hydrogen-bond acceptors (Lipinski definition) is 3.